The normalized spacial score (nSPS) is 16.6. The van der Waals surface area contributed by atoms with Gasteiger partial charge in [-0.25, -0.2) is 4.68 Å². The van der Waals surface area contributed by atoms with Crippen molar-refractivity contribution in [3.05, 3.63) is 42.1 Å². The van der Waals surface area contributed by atoms with Gasteiger partial charge in [0, 0.05) is 11.8 Å². The van der Waals surface area contributed by atoms with E-state index >= 15 is 0 Å². The van der Waals surface area contributed by atoms with Gasteiger partial charge in [0.25, 0.3) is 0 Å². The number of amides is 1. The monoisotopic (exact) mass is 299 g/mol. The quantitative estimate of drug-likeness (QED) is 0.912. The lowest BCUT2D eigenvalue weighted by atomic mass is 9.98. The third-order valence-corrected chi connectivity index (χ3v) is 4.20. The molecular formula is C17H21N3O2. The molecule has 3 rings (SSSR count). The molecule has 22 heavy (non-hydrogen) atoms. The number of nitrogens with zero attached hydrogens (tertiary/aromatic N) is 2. The number of aromatic nitrogens is 2. The second kappa shape index (κ2) is 5.93. The van der Waals surface area contributed by atoms with Crippen LogP contribution in [0.25, 0.3) is 5.69 Å². The van der Waals surface area contributed by atoms with Gasteiger partial charge in [-0.05, 0) is 31.9 Å². The Labute approximate surface area is 130 Å². The Morgan fingerprint density at radius 2 is 2.00 bits per heavy atom. The molecule has 0 radical (unpaired) electrons. The number of carbonyl (C=O) groups is 1. The summed E-state index contributed by atoms with van der Waals surface area (Å²) < 4.78 is 1.75. The Morgan fingerprint density at radius 3 is 2.68 bits per heavy atom. The van der Waals surface area contributed by atoms with Crippen LogP contribution in [0.4, 0.5) is 5.82 Å². The molecule has 0 atom stereocenters. The molecule has 1 heterocycles. The van der Waals surface area contributed by atoms with Crippen molar-refractivity contribution in [3.63, 3.8) is 0 Å². The molecule has 0 aliphatic heterocycles. The van der Waals surface area contributed by atoms with Crippen molar-refractivity contribution in [2.75, 3.05) is 5.32 Å². The molecule has 1 aromatic carbocycles. The van der Waals surface area contributed by atoms with E-state index in [1.807, 2.05) is 43.5 Å². The van der Waals surface area contributed by atoms with E-state index in [-0.39, 0.29) is 12.3 Å². The van der Waals surface area contributed by atoms with E-state index < -0.39 is 5.60 Å². The Bertz CT molecular complexity index is 658. The van der Waals surface area contributed by atoms with Gasteiger partial charge in [-0.1, -0.05) is 31.0 Å². The molecule has 0 bridgehead atoms. The zero-order chi connectivity index (χ0) is 15.6. The largest absolute Gasteiger partial charge is 0.389 e. The van der Waals surface area contributed by atoms with Crippen LogP contribution >= 0.6 is 0 Å². The van der Waals surface area contributed by atoms with Crippen LogP contribution in [0, 0.1) is 6.92 Å². The molecule has 1 saturated carbocycles. The first-order valence-corrected chi connectivity index (χ1v) is 7.70. The molecule has 1 aromatic heterocycles. The zero-order valence-corrected chi connectivity index (χ0v) is 12.7. The highest BCUT2D eigenvalue weighted by Crippen LogP contribution is 2.32. The van der Waals surface area contributed by atoms with Gasteiger partial charge in [0.15, 0.2) is 5.82 Å². The molecule has 1 aliphatic rings. The first kappa shape index (κ1) is 14.8. The molecule has 1 fully saturated rings. The topological polar surface area (TPSA) is 67.2 Å². The van der Waals surface area contributed by atoms with E-state index in [1.165, 1.54) is 0 Å². The van der Waals surface area contributed by atoms with Crippen LogP contribution in [-0.4, -0.2) is 26.4 Å². The van der Waals surface area contributed by atoms with Gasteiger partial charge < -0.3 is 10.4 Å². The number of anilines is 1. The van der Waals surface area contributed by atoms with Gasteiger partial charge in [-0.2, -0.15) is 0 Å². The lowest BCUT2D eigenvalue weighted by Gasteiger charge is -2.20. The minimum Gasteiger partial charge on any atom is -0.389 e. The second-order valence-electron chi connectivity index (χ2n) is 6.10. The van der Waals surface area contributed by atoms with Crippen molar-refractivity contribution in [2.45, 2.75) is 44.6 Å². The third-order valence-electron chi connectivity index (χ3n) is 4.20. The summed E-state index contributed by atoms with van der Waals surface area (Å²) in [6, 6.07) is 9.75. The molecule has 2 N–H and O–H groups in total. The minimum atomic E-state index is -0.833. The molecule has 5 heteroatoms. The molecule has 0 saturated heterocycles. The number of hydrogen-bond donors (Lipinski definition) is 2. The first-order chi connectivity index (χ1) is 10.6. The van der Waals surface area contributed by atoms with E-state index in [0.717, 1.165) is 24.1 Å². The molecule has 116 valence electrons. The fourth-order valence-corrected chi connectivity index (χ4v) is 2.98. The van der Waals surface area contributed by atoms with Gasteiger partial charge in [0.2, 0.25) is 5.91 Å². The van der Waals surface area contributed by atoms with Crippen LogP contribution in [0.2, 0.25) is 0 Å². The van der Waals surface area contributed by atoms with Crippen molar-refractivity contribution < 1.29 is 9.90 Å². The maximum atomic E-state index is 12.2. The van der Waals surface area contributed by atoms with Crippen molar-refractivity contribution in [2.24, 2.45) is 0 Å². The van der Waals surface area contributed by atoms with Gasteiger partial charge in [-0.15, -0.1) is 5.10 Å². The van der Waals surface area contributed by atoms with Crippen molar-refractivity contribution in [3.8, 4) is 5.69 Å². The highest BCUT2D eigenvalue weighted by atomic mass is 16.3. The Balaban J connectivity index is 1.70. The lowest BCUT2D eigenvalue weighted by molar-refractivity contribution is -0.120. The molecule has 1 aliphatic carbocycles. The number of carbonyl (C=O) groups excluding carboxylic acids is 1. The van der Waals surface area contributed by atoms with Crippen molar-refractivity contribution in [1.82, 2.24) is 9.78 Å². The lowest BCUT2D eigenvalue weighted by Crippen LogP contribution is -2.31. The van der Waals surface area contributed by atoms with Gasteiger partial charge in [-0.3, -0.25) is 4.79 Å². The summed E-state index contributed by atoms with van der Waals surface area (Å²) in [5.41, 5.74) is 1.01. The summed E-state index contributed by atoms with van der Waals surface area (Å²) in [5.74, 6) is 0.376. The van der Waals surface area contributed by atoms with Crippen LogP contribution in [0.1, 0.15) is 37.7 Å². The Kier molecular flexibility index (Phi) is 3.98. The van der Waals surface area contributed by atoms with Crippen molar-refractivity contribution >= 4 is 11.7 Å². The molecular weight excluding hydrogens is 278 g/mol. The summed E-state index contributed by atoms with van der Waals surface area (Å²) >= 11 is 0. The Morgan fingerprint density at radius 1 is 1.32 bits per heavy atom. The predicted octanol–water partition coefficient (Wildman–Crippen LogP) is 2.81. The highest BCUT2D eigenvalue weighted by molar-refractivity contribution is 5.91. The number of para-hydroxylation sites is 1. The molecule has 5 nitrogen and oxygen atoms in total. The van der Waals surface area contributed by atoms with Crippen LogP contribution in [0.3, 0.4) is 0 Å². The van der Waals surface area contributed by atoms with Crippen molar-refractivity contribution in [1.29, 1.82) is 0 Å². The minimum absolute atomic E-state index is 0.143. The summed E-state index contributed by atoms with van der Waals surface area (Å²) in [6.07, 6.45) is 5.42. The number of nitrogens with one attached hydrogen (secondary N) is 1. The van der Waals surface area contributed by atoms with Crippen LogP contribution in [0.15, 0.2) is 36.5 Å². The van der Waals surface area contributed by atoms with Crippen LogP contribution in [-0.2, 0) is 4.79 Å². The number of hydrogen-bond acceptors (Lipinski definition) is 3. The number of aliphatic hydroxyl groups is 1. The van der Waals surface area contributed by atoms with E-state index in [0.29, 0.717) is 18.7 Å². The third kappa shape index (κ3) is 3.20. The average Bonchev–Trinajstić information content (AvgIpc) is 3.07. The number of benzene rings is 1. The fourth-order valence-electron chi connectivity index (χ4n) is 2.98. The molecule has 0 spiro atoms. The van der Waals surface area contributed by atoms with E-state index in [9.17, 15) is 9.90 Å². The SMILES string of the molecule is Cc1cn(-c2ccccc2)nc1NC(=O)CC1(O)CCCC1. The summed E-state index contributed by atoms with van der Waals surface area (Å²) in [4.78, 5) is 12.2. The zero-order valence-electron chi connectivity index (χ0n) is 12.7. The Hall–Kier alpha value is -2.14. The van der Waals surface area contributed by atoms with Crippen LogP contribution < -0.4 is 5.32 Å². The summed E-state index contributed by atoms with van der Waals surface area (Å²) in [5, 5.41) is 17.5. The van der Waals surface area contributed by atoms with Gasteiger partial charge in [0.05, 0.1) is 17.7 Å². The van der Waals surface area contributed by atoms with Gasteiger partial charge in [0.1, 0.15) is 0 Å². The van der Waals surface area contributed by atoms with E-state index in [2.05, 4.69) is 10.4 Å². The van der Waals surface area contributed by atoms with Gasteiger partial charge >= 0.3 is 0 Å². The molecule has 2 aromatic rings. The van der Waals surface area contributed by atoms with Crippen LogP contribution in [0.5, 0.6) is 0 Å². The molecule has 0 unspecified atom stereocenters. The summed E-state index contributed by atoms with van der Waals surface area (Å²) in [6.45, 7) is 1.91. The smallest absolute Gasteiger partial charge is 0.228 e. The second-order valence-corrected chi connectivity index (χ2v) is 6.10. The first-order valence-electron chi connectivity index (χ1n) is 7.70. The maximum absolute atomic E-state index is 12.2. The predicted molar refractivity (Wildman–Crippen MR) is 85.0 cm³/mol. The number of aryl methyl sites for hydroxylation is 1. The van der Waals surface area contributed by atoms with E-state index in [4.69, 9.17) is 0 Å². The standard InChI is InChI=1S/C17H21N3O2/c1-13-12-20(14-7-3-2-4-8-14)19-16(13)18-15(21)11-17(22)9-5-6-10-17/h2-4,7-8,12,22H,5-6,9-11H2,1H3,(H,18,19,21). The number of rotatable bonds is 4. The van der Waals surface area contributed by atoms with E-state index in [1.54, 1.807) is 4.68 Å². The average molecular weight is 299 g/mol. The molecule has 1 amide bonds. The fraction of sp³-hybridized carbons (Fsp3) is 0.412. The summed E-state index contributed by atoms with van der Waals surface area (Å²) in [7, 11) is 0. The highest BCUT2D eigenvalue weighted by Gasteiger charge is 2.33. The maximum Gasteiger partial charge on any atom is 0.228 e.